The predicted molar refractivity (Wildman–Crippen MR) is 98.9 cm³/mol. The largest absolute Gasteiger partial charge is 0.489 e. The molecule has 0 fully saturated rings. The Labute approximate surface area is 150 Å². The molecule has 7 heteroatoms. The zero-order valence-electron chi connectivity index (χ0n) is 13.1. The fourth-order valence-electron chi connectivity index (χ4n) is 1.84. The molecule has 0 aliphatic carbocycles. The van der Waals surface area contributed by atoms with Gasteiger partial charge < -0.3 is 4.74 Å². The number of benzene rings is 2. The lowest BCUT2D eigenvalue weighted by Crippen LogP contribution is -2.18. The molecule has 0 heterocycles. The molecule has 2 aromatic rings. The van der Waals surface area contributed by atoms with E-state index in [4.69, 9.17) is 4.74 Å². The first-order valence-corrected chi connectivity index (χ1v) is 9.35. The van der Waals surface area contributed by atoms with Gasteiger partial charge in [0.15, 0.2) is 0 Å². The Kier molecular flexibility index (Phi) is 6.16. The van der Waals surface area contributed by atoms with Crippen molar-refractivity contribution < 1.29 is 13.2 Å². The van der Waals surface area contributed by atoms with Crippen LogP contribution in [0.1, 0.15) is 11.1 Å². The molecule has 0 bridgehead atoms. The third kappa shape index (κ3) is 4.94. The van der Waals surface area contributed by atoms with E-state index in [0.717, 1.165) is 10.0 Å². The maximum absolute atomic E-state index is 12.2. The van der Waals surface area contributed by atoms with Gasteiger partial charge in [0.05, 0.1) is 11.1 Å². The van der Waals surface area contributed by atoms with Gasteiger partial charge in [-0.05, 0) is 37.3 Å². The van der Waals surface area contributed by atoms with Gasteiger partial charge in [0.25, 0.3) is 10.0 Å². The third-order valence-corrected chi connectivity index (χ3v) is 4.77. The molecule has 2 aromatic carbocycles. The van der Waals surface area contributed by atoms with E-state index in [2.05, 4.69) is 32.4 Å². The first-order valence-electron chi connectivity index (χ1n) is 7.07. The highest BCUT2D eigenvalue weighted by Crippen LogP contribution is 2.22. The summed E-state index contributed by atoms with van der Waals surface area (Å²) in [6.45, 7) is 5.83. The van der Waals surface area contributed by atoms with Crippen molar-refractivity contribution in [2.24, 2.45) is 5.10 Å². The molecule has 24 heavy (non-hydrogen) atoms. The van der Waals surface area contributed by atoms with Crippen molar-refractivity contribution in [3.05, 3.63) is 70.7 Å². The monoisotopic (exact) mass is 408 g/mol. The normalized spacial score (nSPS) is 11.4. The Hall–Kier alpha value is -2.12. The third-order valence-electron chi connectivity index (χ3n) is 3.04. The predicted octanol–water partition coefficient (Wildman–Crippen LogP) is 3.63. The van der Waals surface area contributed by atoms with Crippen molar-refractivity contribution in [1.29, 1.82) is 0 Å². The van der Waals surface area contributed by atoms with E-state index in [1.165, 1.54) is 18.3 Å². The van der Waals surface area contributed by atoms with Gasteiger partial charge in [0, 0.05) is 10.0 Å². The second-order valence-electron chi connectivity index (χ2n) is 4.95. The van der Waals surface area contributed by atoms with Gasteiger partial charge in [-0.15, -0.1) is 0 Å². The number of sulfonamides is 1. The molecule has 0 saturated heterocycles. The quantitative estimate of drug-likeness (QED) is 0.431. The summed E-state index contributed by atoms with van der Waals surface area (Å²) in [5, 5.41) is 3.83. The molecule has 5 nitrogen and oxygen atoms in total. The molecule has 0 atom stereocenters. The van der Waals surface area contributed by atoms with Gasteiger partial charge in [-0.1, -0.05) is 46.3 Å². The summed E-state index contributed by atoms with van der Waals surface area (Å²) in [5.74, 6) is 0.580. The van der Waals surface area contributed by atoms with E-state index in [-0.39, 0.29) is 4.90 Å². The van der Waals surface area contributed by atoms with Gasteiger partial charge in [-0.2, -0.15) is 13.5 Å². The Balaban J connectivity index is 2.17. The summed E-state index contributed by atoms with van der Waals surface area (Å²) in [7, 11) is -3.70. The van der Waals surface area contributed by atoms with Crippen molar-refractivity contribution in [2.75, 3.05) is 6.61 Å². The van der Waals surface area contributed by atoms with Crippen LogP contribution in [-0.2, 0) is 10.0 Å². The summed E-state index contributed by atoms with van der Waals surface area (Å²) in [6, 6.07) is 11.9. The Bertz CT molecular complexity index is 847. The molecule has 2 rings (SSSR count). The number of halogens is 1. The van der Waals surface area contributed by atoms with Crippen LogP contribution in [0.25, 0.3) is 0 Å². The summed E-state index contributed by atoms with van der Waals surface area (Å²) in [6.07, 6.45) is 3.03. The molecule has 0 aliphatic rings. The Morgan fingerprint density at radius 2 is 1.96 bits per heavy atom. The van der Waals surface area contributed by atoms with E-state index in [0.29, 0.717) is 17.9 Å². The molecule has 0 amide bonds. The topological polar surface area (TPSA) is 67.8 Å². The Morgan fingerprint density at radius 1 is 1.25 bits per heavy atom. The molecule has 126 valence electrons. The first-order chi connectivity index (χ1) is 11.4. The van der Waals surface area contributed by atoms with Crippen LogP contribution in [0.5, 0.6) is 5.75 Å². The standard InChI is InChI=1S/C17H17BrN2O3S/c1-3-10-23-17-9-6-15(18)11-14(17)12-19-20-24(21,22)16-7-4-13(2)5-8-16/h3-9,11-12,20H,1,10H2,2H3/b19-12-. The number of hydrogen-bond donors (Lipinski definition) is 1. The van der Waals surface area contributed by atoms with Crippen LogP contribution in [0.4, 0.5) is 0 Å². The van der Waals surface area contributed by atoms with Crippen LogP contribution in [0.3, 0.4) is 0 Å². The minimum Gasteiger partial charge on any atom is -0.489 e. The van der Waals surface area contributed by atoms with Crippen molar-refractivity contribution >= 4 is 32.2 Å². The SMILES string of the molecule is C=CCOc1ccc(Br)cc1/C=N\NS(=O)(=O)c1ccc(C)cc1. The fraction of sp³-hybridized carbons (Fsp3) is 0.118. The lowest BCUT2D eigenvalue weighted by Gasteiger charge is -2.08. The number of nitrogens with zero attached hydrogens (tertiary/aromatic N) is 1. The average molecular weight is 409 g/mol. The van der Waals surface area contributed by atoms with Crippen LogP contribution in [-0.4, -0.2) is 21.2 Å². The highest BCUT2D eigenvalue weighted by atomic mass is 79.9. The van der Waals surface area contributed by atoms with Gasteiger partial charge >= 0.3 is 0 Å². The van der Waals surface area contributed by atoms with Gasteiger partial charge in [-0.25, -0.2) is 4.83 Å². The van der Waals surface area contributed by atoms with E-state index in [9.17, 15) is 8.42 Å². The average Bonchev–Trinajstić information content (AvgIpc) is 2.54. The van der Waals surface area contributed by atoms with Crippen LogP contribution < -0.4 is 9.57 Å². The zero-order chi connectivity index (χ0) is 17.6. The molecule has 1 N–H and O–H groups in total. The highest BCUT2D eigenvalue weighted by molar-refractivity contribution is 9.10. The van der Waals surface area contributed by atoms with Crippen molar-refractivity contribution in [3.63, 3.8) is 0 Å². The van der Waals surface area contributed by atoms with Crippen molar-refractivity contribution in [3.8, 4) is 5.75 Å². The van der Waals surface area contributed by atoms with Gasteiger partial charge in [0.1, 0.15) is 12.4 Å². The minimum absolute atomic E-state index is 0.155. The summed E-state index contributed by atoms with van der Waals surface area (Å²) < 4.78 is 30.7. The van der Waals surface area contributed by atoms with Crippen LogP contribution >= 0.6 is 15.9 Å². The molecular weight excluding hydrogens is 392 g/mol. The number of nitrogens with one attached hydrogen (secondary N) is 1. The summed E-state index contributed by atoms with van der Waals surface area (Å²) in [5.41, 5.74) is 1.62. The number of ether oxygens (including phenoxy) is 1. The van der Waals surface area contributed by atoms with E-state index < -0.39 is 10.0 Å². The second kappa shape index (κ2) is 8.12. The second-order valence-corrected chi connectivity index (χ2v) is 7.52. The minimum atomic E-state index is -3.70. The maximum atomic E-state index is 12.2. The maximum Gasteiger partial charge on any atom is 0.276 e. The summed E-state index contributed by atoms with van der Waals surface area (Å²) >= 11 is 3.36. The smallest absolute Gasteiger partial charge is 0.276 e. The molecule has 0 unspecified atom stereocenters. The van der Waals surface area contributed by atoms with Crippen LogP contribution in [0.2, 0.25) is 0 Å². The molecule has 0 radical (unpaired) electrons. The van der Waals surface area contributed by atoms with Gasteiger partial charge in [0.2, 0.25) is 0 Å². The molecule has 0 aliphatic heterocycles. The fourth-order valence-corrected chi connectivity index (χ4v) is 3.01. The van der Waals surface area contributed by atoms with Crippen molar-refractivity contribution in [2.45, 2.75) is 11.8 Å². The highest BCUT2D eigenvalue weighted by Gasteiger charge is 2.12. The van der Waals surface area contributed by atoms with Crippen molar-refractivity contribution in [1.82, 2.24) is 4.83 Å². The van der Waals surface area contributed by atoms with Gasteiger partial charge in [-0.3, -0.25) is 0 Å². The number of aryl methyl sites for hydroxylation is 1. The van der Waals surface area contributed by atoms with Crippen LogP contribution in [0.15, 0.2) is 69.6 Å². The molecule has 0 saturated carbocycles. The number of hydrazone groups is 1. The first kappa shape index (κ1) is 18.2. The lowest BCUT2D eigenvalue weighted by molar-refractivity contribution is 0.362. The molecule has 0 spiro atoms. The van der Waals surface area contributed by atoms with E-state index in [1.54, 1.807) is 30.3 Å². The zero-order valence-corrected chi connectivity index (χ0v) is 15.5. The molecular formula is C17H17BrN2O3S. The van der Waals surface area contributed by atoms with Crippen LogP contribution in [0, 0.1) is 6.92 Å². The lowest BCUT2D eigenvalue weighted by atomic mass is 10.2. The summed E-state index contributed by atoms with van der Waals surface area (Å²) in [4.78, 5) is 2.35. The van der Waals surface area contributed by atoms with E-state index in [1.807, 2.05) is 13.0 Å². The van der Waals surface area contributed by atoms with E-state index >= 15 is 0 Å². The number of rotatable bonds is 7. The Morgan fingerprint density at radius 3 is 2.62 bits per heavy atom. The molecule has 0 aromatic heterocycles. The number of hydrogen-bond acceptors (Lipinski definition) is 4.